The van der Waals surface area contributed by atoms with Gasteiger partial charge in [-0.25, -0.2) is 0 Å². The summed E-state index contributed by atoms with van der Waals surface area (Å²) in [6.45, 7) is 8.10. The summed E-state index contributed by atoms with van der Waals surface area (Å²) in [5, 5.41) is 0. The van der Waals surface area contributed by atoms with Gasteiger partial charge in [0.1, 0.15) is 11.5 Å². The first-order chi connectivity index (χ1) is 8.22. The van der Waals surface area contributed by atoms with E-state index >= 15 is 0 Å². The van der Waals surface area contributed by atoms with E-state index in [1.54, 1.807) is 32.0 Å². The lowest BCUT2D eigenvalue weighted by Crippen LogP contribution is -2.36. The first kappa shape index (κ1) is 14.2. The molecule has 0 amide bonds. The molecule has 0 saturated carbocycles. The van der Waals surface area contributed by atoms with Gasteiger partial charge in [-0.1, -0.05) is 0 Å². The zero-order valence-electron chi connectivity index (χ0n) is 11.4. The minimum Gasteiger partial charge on any atom is -0.480 e. The molecule has 0 aliphatic heterocycles. The van der Waals surface area contributed by atoms with Gasteiger partial charge in [0.05, 0.1) is 0 Å². The molecule has 0 aliphatic carbocycles. The Hall–Kier alpha value is -1.84. The van der Waals surface area contributed by atoms with Crippen molar-refractivity contribution in [3.63, 3.8) is 0 Å². The van der Waals surface area contributed by atoms with E-state index in [0.29, 0.717) is 11.5 Å². The number of hydrogen-bond acceptors (Lipinski definition) is 4. The molecule has 4 heteroatoms. The molecule has 98 valence electrons. The maximum atomic E-state index is 11.4. The van der Waals surface area contributed by atoms with Crippen LogP contribution in [0.4, 0.5) is 0 Å². The monoisotopic (exact) mass is 250 g/mol. The van der Waals surface area contributed by atoms with Crippen LogP contribution in [0.1, 0.15) is 33.3 Å². The largest absolute Gasteiger partial charge is 0.480 e. The topological polar surface area (TPSA) is 52.6 Å². The van der Waals surface area contributed by atoms with E-state index in [1.165, 1.54) is 13.8 Å². The molecule has 0 unspecified atom stereocenters. The van der Waals surface area contributed by atoms with Gasteiger partial charge in [0.25, 0.3) is 0 Å². The van der Waals surface area contributed by atoms with Crippen molar-refractivity contribution in [2.75, 3.05) is 0 Å². The van der Waals surface area contributed by atoms with Crippen LogP contribution < -0.4 is 9.47 Å². The third kappa shape index (κ3) is 3.58. The second-order valence-corrected chi connectivity index (χ2v) is 4.69. The highest BCUT2D eigenvalue weighted by atomic mass is 16.5. The van der Waals surface area contributed by atoms with Gasteiger partial charge >= 0.3 is 5.97 Å². The fraction of sp³-hybridized carbons (Fsp3) is 0.429. The molecule has 0 saturated heterocycles. The van der Waals surface area contributed by atoms with Crippen molar-refractivity contribution in [3.8, 4) is 11.5 Å². The summed E-state index contributed by atoms with van der Waals surface area (Å²) in [6.07, 6.45) is 0. The first-order valence-corrected chi connectivity index (χ1v) is 5.71. The molecule has 0 N–H and O–H groups in total. The van der Waals surface area contributed by atoms with E-state index in [0.717, 1.165) is 5.56 Å². The number of esters is 1. The lowest BCUT2D eigenvalue weighted by atomic mass is 10.0. The van der Waals surface area contributed by atoms with Crippen molar-refractivity contribution in [3.05, 3.63) is 23.8 Å². The van der Waals surface area contributed by atoms with E-state index in [1.807, 2.05) is 6.92 Å². The maximum absolute atomic E-state index is 11.4. The van der Waals surface area contributed by atoms with Crippen LogP contribution in [-0.4, -0.2) is 17.4 Å². The number of rotatable bonds is 4. The van der Waals surface area contributed by atoms with Gasteiger partial charge in [-0.2, -0.15) is 0 Å². The summed E-state index contributed by atoms with van der Waals surface area (Å²) >= 11 is 0. The Labute approximate surface area is 107 Å². The van der Waals surface area contributed by atoms with Gasteiger partial charge < -0.3 is 9.47 Å². The number of aryl methyl sites for hydroxylation is 1. The third-order valence-electron chi connectivity index (χ3n) is 2.62. The molecule has 18 heavy (non-hydrogen) atoms. The Bertz CT molecular complexity index is 475. The summed E-state index contributed by atoms with van der Waals surface area (Å²) in [4.78, 5) is 22.2. The number of benzene rings is 1. The van der Waals surface area contributed by atoms with Gasteiger partial charge in [0, 0.05) is 6.92 Å². The van der Waals surface area contributed by atoms with Crippen molar-refractivity contribution in [1.82, 2.24) is 0 Å². The Morgan fingerprint density at radius 1 is 1.17 bits per heavy atom. The average molecular weight is 250 g/mol. The molecule has 0 bridgehead atoms. The molecule has 0 fully saturated rings. The smallest absolute Gasteiger partial charge is 0.308 e. The highest BCUT2D eigenvalue weighted by Gasteiger charge is 2.26. The lowest BCUT2D eigenvalue weighted by molar-refractivity contribution is -0.132. The normalized spacial score (nSPS) is 10.9. The Morgan fingerprint density at radius 3 is 2.22 bits per heavy atom. The van der Waals surface area contributed by atoms with Crippen molar-refractivity contribution >= 4 is 11.8 Å². The standard InChI is InChI=1S/C14H18O4/c1-9-8-12(17-11(3)16)6-7-13(9)18-14(4,5)10(2)15/h6-8H,1-5H3. The van der Waals surface area contributed by atoms with E-state index in [4.69, 9.17) is 9.47 Å². The summed E-state index contributed by atoms with van der Waals surface area (Å²) in [7, 11) is 0. The van der Waals surface area contributed by atoms with Crippen LogP contribution in [0.25, 0.3) is 0 Å². The molecule has 4 nitrogen and oxygen atoms in total. The lowest BCUT2D eigenvalue weighted by Gasteiger charge is -2.24. The number of carbonyl (C=O) groups is 2. The predicted molar refractivity (Wildman–Crippen MR) is 67.9 cm³/mol. The van der Waals surface area contributed by atoms with Crippen LogP contribution in [0.15, 0.2) is 18.2 Å². The summed E-state index contributed by atoms with van der Waals surface area (Å²) in [6, 6.07) is 5.03. The number of Topliss-reactive ketones (excluding diaryl/α,β-unsaturated/α-hetero) is 1. The van der Waals surface area contributed by atoms with E-state index in [2.05, 4.69) is 0 Å². The number of carbonyl (C=O) groups excluding carboxylic acids is 2. The van der Waals surface area contributed by atoms with Crippen LogP contribution >= 0.6 is 0 Å². The van der Waals surface area contributed by atoms with Crippen LogP contribution in [0, 0.1) is 6.92 Å². The average Bonchev–Trinajstić information content (AvgIpc) is 2.21. The molecule has 0 spiro atoms. The van der Waals surface area contributed by atoms with Gasteiger partial charge in [-0.3, -0.25) is 9.59 Å². The van der Waals surface area contributed by atoms with Crippen molar-refractivity contribution in [2.24, 2.45) is 0 Å². The zero-order valence-corrected chi connectivity index (χ0v) is 11.4. The van der Waals surface area contributed by atoms with E-state index in [-0.39, 0.29) is 11.8 Å². The van der Waals surface area contributed by atoms with Gasteiger partial charge in [0.15, 0.2) is 11.4 Å². The molecular weight excluding hydrogens is 232 g/mol. The Morgan fingerprint density at radius 2 is 1.78 bits per heavy atom. The third-order valence-corrected chi connectivity index (χ3v) is 2.62. The molecule has 1 rings (SSSR count). The molecule has 0 aromatic heterocycles. The maximum Gasteiger partial charge on any atom is 0.308 e. The SMILES string of the molecule is CC(=O)Oc1ccc(OC(C)(C)C(C)=O)c(C)c1. The number of ether oxygens (including phenoxy) is 2. The highest BCUT2D eigenvalue weighted by molar-refractivity contribution is 5.84. The van der Waals surface area contributed by atoms with Crippen LogP contribution in [0.3, 0.4) is 0 Å². The fourth-order valence-electron chi connectivity index (χ4n) is 1.31. The molecule has 0 heterocycles. The highest BCUT2D eigenvalue weighted by Crippen LogP contribution is 2.27. The molecule has 1 aromatic rings. The van der Waals surface area contributed by atoms with Crippen LogP contribution in [0.2, 0.25) is 0 Å². The quantitative estimate of drug-likeness (QED) is 0.609. The summed E-state index contributed by atoms with van der Waals surface area (Å²) in [5.41, 5.74) is -0.0589. The zero-order chi connectivity index (χ0) is 13.9. The molecule has 0 aliphatic rings. The first-order valence-electron chi connectivity index (χ1n) is 5.71. The molecule has 1 aromatic carbocycles. The Balaban J connectivity index is 2.93. The predicted octanol–water partition coefficient (Wildman–Crippen LogP) is 2.67. The van der Waals surface area contributed by atoms with E-state index in [9.17, 15) is 9.59 Å². The fourth-order valence-corrected chi connectivity index (χ4v) is 1.31. The molecular formula is C14H18O4. The summed E-state index contributed by atoms with van der Waals surface area (Å²) in [5.74, 6) is 0.650. The van der Waals surface area contributed by atoms with Crippen molar-refractivity contribution in [1.29, 1.82) is 0 Å². The summed E-state index contributed by atoms with van der Waals surface area (Å²) < 4.78 is 10.6. The molecule has 0 atom stereocenters. The van der Waals surface area contributed by atoms with Crippen LogP contribution in [-0.2, 0) is 9.59 Å². The number of hydrogen-bond donors (Lipinski definition) is 0. The number of ketones is 1. The van der Waals surface area contributed by atoms with Gasteiger partial charge in [-0.05, 0) is 51.5 Å². The second-order valence-electron chi connectivity index (χ2n) is 4.69. The second kappa shape index (κ2) is 5.21. The van der Waals surface area contributed by atoms with Crippen molar-refractivity contribution < 1.29 is 19.1 Å². The van der Waals surface area contributed by atoms with Gasteiger partial charge in [0.2, 0.25) is 0 Å². The van der Waals surface area contributed by atoms with Crippen molar-refractivity contribution in [2.45, 2.75) is 40.2 Å². The minimum atomic E-state index is -0.867. The van der Waals surface area contributed by atoms with E-state index < -0.39 is 5.60 Å². The molecule has 0 radical (unpaired) electrons. The Kier molecular flexibility index (Phi) is 4.11. The van der Waals surface area contributed by atoms with Crippen LogP contribution in [0.5, 0.6) is 11.5 Å². The van der Waals surface area contributed by atoms with Gasteiger partial charge in [-0.15, -0.1) is 0 Å². The minimum absolute atomic E-state index is 0.0500.